The van der Waals surface area contributed by atoms with E-state index in [0.717, 1.165) is 33.0 Å². The molecule has 2 aromatic heterocycles. The lowest BCUT2D eigenvalue weighted by atomic mass is 9.96. The van der Waals surface area contributed by atoms with E-state index in [1.807, 2.05) is 48.7 Å². The van der Waals surface area contributed by atoms with Gasteiger partial charge in [-0.1, -0.05) is 28.1 Å². The molecule has 0 radical (unpaired) electrons. The minimum atomic E-state index is -0.0905. The van der Waals surface area contributed by atoms with E-state index in [1.54, 1.807) is 7.11 Å². The summed E-state index contributed by atoms with van der Waals surface area (Å²) in [6.07, 6.45) is 1.83. The number of nitrogens with one attached hydrogen (secondary N) is 1. The normalized spacial score (nSPS) is 17.6. The van der Waals surface area contributed by atoms with E-state index in [9.17, 15) is 0 Å². The van der Waals surface area contributed by atoms with Crippen LogP contribution in [0.3, 0.4) is 0 Å². The lowest BCUT2D eigenvalue weighted by molar-refractivity contribution is 0.415. The van der Waals surface area contributed by atoms with Crippen LogP contribution in [0, 0.1) is 13.8 Å². The summed E-state index contributed by atoms with van der Waals surface area (Å²) in [6.45, 7) is 4.32. The van der Waals surface area contributed by atoms with Gasteiger partial charge in [0.25, 0.3) is 0 Å². The van der Waals surface area contributed by atoms with Gasteiger partial charge in [-0.05, 0) is 92.3 Å². The molecule has 2 atom stereocenters. The van der Waals surface area contributed by atoms with Crippen LogP contribution in [0.25, 0.3) is 5.69 Å². The van der Waals surface area contributed by atoms with Crippen molar-refractivity contribution >= 4 is 38.9 Å². The van der Waals surface area contributed by atoms with Crippen LogP contribution in [-0.2, 0) is 0 Å². The zero-order chi connectivity index (χ0) is 23.8. The fraction of sp³-hybridized carbons (Fsp3) is 0.185. The van der Waals surface area contributed by atoms with Crippen LogP contribution in [0.4, 0.5) is 5.69 Å². The van der Waals surface area contributed by atoms with Gasteiger partial charge in [0.1, 0.15) is 5.75 Å². The van der Waals surface area contributed by atoms with Gasteiger partial charge in [0, 0.05) is 33.4 Å². The van der Waals surface area contributed by atoms with Crippen LogP contribution < -0.4 is 15.0 Å². The molecule has 1 aliphatic heterocycles. The molecule has 2 unspecified atom stereocenters. The summed E-state index contributed by atoms with van der Waals surface area (Å²) in [6, 6.07) is 24.5. The van der Waals surface area contributed by atoms with Crippen molar-refractivity contribution in [3.63, 3.8) is 0 Å². The third-order valence-corrected chi connectivity index (χ3v) is 7.11. The molecule has 4 aromatic rings. The zero-order valence-electron chi connectivity index (χ0n) is 19.2. The molecule has 3 heterocycles. The Balaban J connectivity index is 1.67. The highest BCUT2D eigenvalue weighted by molar-refractivity contribution is 9.10. The van der Waals surface area contributed by atoms with Crippen molar-refractivity contribution < 1.29 is 4.74 Å². The molecule has 1 N–H and O–H groups in total. The zero-order valence-corrected chi connectivity index (χ0v) is 21.6. The van der Waals surface area contributed by atoms with Gasteiger partial charge in [-0.15, -0.1) is 0 Å². The van der Waals surface area contributed by atoms with E-state index < -0.39 is 0 Å². The Morgan fingerprint density at radius 2 is 1.76 bits per heavy atom. The molecule has 0 bridgehead atoms. The number of benzene rings is 2. The number of thiocarbonyl (C=S) groups is 1. The standard InChI is InChI=1S/C27H25BrN4OS/c1-17-15-23(18(2)31(17)21-8-6-7-19(28)16-21)26-25(24-9-4-5-14-29-24)30-27(34)32(26)20-10-12-22(33-3)13-11-20/h4-16,25-26H,1-3H3,(H,30,34). The van der Waals surface area contributed by atoms with Crippen LogP contribution >= 0.6 is 28.1 Å². The lowest BCUT2D eigenvalue weighted by Gasteiger charge is -2.28. The quantitative estimate of drug-likeness (QED) is 0.299. The number of halogens is 1. The maximum absolute atomic E-state index is 5.87. The summed E-state index contributed by atoms with van der Waals surface area (Å²) in [5.41, 5.74) is 6.63. The van der Waals surface area contributed by atoms with Gasteiger partial charge < -0.3 is 19.5 Å². The Hall–Kier alpha value is -3.16. The number of hydrogen-bond donors (Lipinski definition) is 1. The van der Waals surface area contributed by atoms with E-state index in [1.165, 1.54) is 11.3 Å². The van der Waals surface area contributed by atoms with Crippen molar-refractivity contribution in [1.29, 1.82) is 0 Å². The molecule has 2 aromatic carbocycles. The van der Waals surface area contributed by atoms with E-state index in [-0.39, 0.29) is 12.1 Å². The Labute approximate surface area is 213 Å². The molecule has 34 heavy (non-hydrogen) atoms. The summed E-state index contributed by atoms with van der Waals surface area (Å²) >= 11 is 9.49. The van der Waals surface area contributed by atoms with E-state index >= 15 is 0 Å². The summed E-state index contributed by atoms with van der Waals surface area (Å²) in [7, 11) is 1.67. The first-order chi connectivity index (χ1) is 16.5. The Kier molecular flexibility index (Phi) is 6.15. The third kappa shape index (κ3) is 3.99. The lowest BCUT2D eigenvalue weighted by Crippen LogP contribution is -2.29. The molecule has 1 fully saturated rings. The number of methoxy groups -OCH3 is 1. The number of nitrogens with zero attached hydrogens (tertiary/aromatic N) is 3. The highest BCUT2D eigenvalue weighted by Crippen LogP contribution is 2.44. The first-order valence-electron chi connectivity index (χ1n) is 11.1. The fourth-order valence-electron chi connectivity index (χ4n) is 4.79. The maximum Gasteiger partial charge on any atom is 0.174 e. The number of aryl methyl sites for hydroxylation is 1. The summed E-state index contributed by atoms with van der Waals surface area (Å²) in [4.78, 5) is 6.87. The molecule has 0 aliphatic carbocycles. The number of aromatic nitrogens is 2. The van der Waals surface area contributed by atoms with Gasteiger partial charge in [-0.2, -0.15) is 0 Å². The topological polar surface area (TPSA) is 42.3 Å². The Morgan fingerprint density at radius 3 is 2.44 bits per heavy atom. The summed E-state index contributed by atoms with van der Waals surface area (Å²) in [5, 5.41) is 4.23. The van der Waals surface area contributed by atoms with Crippen LogP contribution in [0.15, 0.2) is 83.5 Å². The van der Waals surface area contributed by atoms with Crippen molar-refractivity contribution in [2.24, 2.45) is 0 Å². The van der Waals surface area contributed by atoms with E-state index in [0.29, 0.717) is 5.11 Å². The van der Waals surface area contributed by atoms with Crippen molar-refractivity contribution in [3.05, 3.63) is 106 Å². The summed E-state index contributed by atoms with van der Waals surface area (Å²) < 4.78 is 8.72. The van der Waals surface area contributed by atoms with Gasteiger partial charge in [-0.25, -0.2) is 0 Å². The molecular weight excluding hydrogens is 508 g/mol. The molecule has 172 valence electrons. The highest BCUT2D eigenvalue weighted by atomic mass is 79.9. The van der Waals surface area contributed by atoms with Gasteiger partial charge in [0.2, 0.25) is 0 Å². The Bertz CT molecular complexity index is 1340. The molecular formula is C27H25BrN4OS. The molecule has 5 rings (SSSR count). The average molecular weight is 533 g/mol. The van der Waals surface area contributed by atoms with Crippen molar-refractivity contribution in [2.75, 3.05) is 12.0 Å². The predicted molar refractivity (Wildman–Crippen MR) is 144 cm³/mol. The minimum Gasteiger partial charge on any atom is -0.497 e. The van der Waals surface area contributed by atoms with Crippen LogP contribution in [0.1, 0.15) is 34.7 Å². The molecule has 5 nitrogen and oxygen atoms in total. The van der Waals surface area contributed by atoms with Crippen molar-refractivity contribution in [1.82, 2.24) is 14.9 Å². The largest absolute Gasteiger partial charge is 0.497 e. The minimum absolute atomic E-state index is 0.0668. The van der Waals surface area contributed by atoms with Gasteiger partial charge >= 0.3 is 0 Å². The maximum atomic E-state index is 5.87. The molecule has 0 spiro atoms. The van der Waals surface area contributed by atoms with Gasteiger partial charge in [-0.3, -0.25) is 4.98 Å². The van der Waals surface area contributed by atoms with E-state index in [2.05, 4.69) is 79.9 Å². The number of ether oxygens (including phenoxy) is 1. The molecule has 1 saturated heterocycles. The van der Waals surface area contributed by atoms with E-state index in [4.69, 9.17) is 17.0 Å². The number of rotatable bonds is 5. The van der Waals surface area contributed by atoms with Crippen LogP contribution in [0.2, 0.25) is 0 Å². The second kappa shape index (κ2) is 9.24. The molecule has 0 amide bonds. The first kappa shape index (κ1) is 22.6. The SMILES string of the molecule is COc1ccc(N2C(=S)NC(c3ccccn3)C2c2cc(C)n(-c3cccc(Br)c3)c2C)cc1. The molecule has 0 saturated carbocycles. The monoisotopic (exact) mass is 532 g/mol. The van der Waals surface area contributed by atoms with Crippen molar-refractivity contribution in [3.8, 4) is 11.4 Å². The van der Waals surface area contributed by atoms with Gasteiger partial charge in [0.05, 0.1) is 24.9 Å². The third-order valence-electron chi connectivity index (χ3n) is 6.30. The number of hydrogen-bond acceptors (Lipinski definition) is 3. The molecule has 1 aliphatic rings. The van der Waals surface area contributed by atoms with Crippen molar-refractivity contribution in [2.45, 2.75) is 25.9 Å². The second-order valence-electron chi connectivity index (χ2n) is 8.34. The predicted octanol–water partition coefficient (Wildman–Crippen LogP) is 6.44. The summed E-state index contributed by atoms with van der Waals surface area (Å²) in [5.74, 6) is 0.812. The first-order valence-corrected chi connectivity index (χ1v) is 12.3. The van der Waals surface area contributed by atoms with Crippen LogP contribution in [0.5, 0.6) is 5.75 Å². The fourth-order valence-corrected chi connectivity index (χ4v) is 5.52. The Morgan fingerprint density at radius 1 is 0.971 bits per heavy atom. The highest BCUT2D eigenvalue weighted by Gasteiger charge is 2.42. The smallest absolute Gasteiger partial charge is 0.174 e. The average Bonchev–Trinajstić information content (AvgIpc) is 3.34. The molecule has 7 heteroatoms. The second-order valence-corrected chi connectivity index (χ2v) is 9.64. The van der Waals surface area contributed by atoms with Crippen LogP contribution in [-0.4, -0.2) is 21.8 Å². The number of pyridine rings is 1. The number of anilines is 1. The van der Waals surface area contributed by atoms with Gasteiger partial charge in [0.15, 0.2) is 5.11 Å².